The Hall–Kier alpha value is -2.16. The van der Waals surface area contributed by atoms with Gasteiger partial charge in [0.15, 0.2) is 0 Å². The number of benzene rings is 1. The standard InChI is InChI=1S/C16H14FNO2S/c1-18(10-12-4-2-5-14(17)8-12)16(20)13-9-15(21-11-13)6-3-7-19/h2,4-5,8-9,11,19H,7,10H2,1H3. The molecule has 1 amide bonds. The quantitative estimate of drug-likeness (QED) is 0.885. The van der Waals surface area contributed by atoms with Crippen molar-refractivity contribution in [1.29, 1.82) is 0 Å². The summed E-state index contributed by atoms with van der Waals surface area (Å²) in [6.07, 6.45) is 0. The van der Waals surface area contributed by atoms with Crippen molar-refractivity contribution in [3.8, 4) is 11.8 Å². The highest BCUT2D eigenvalue weighted by Gasteiger charge is 2.13. The lowest BCUT2D eigenvalue weighted by molar-refractivity contribution is 0.0785. The fraction of sp³-hybridized carbons (Fsp3) is 0.188. The summed E-state index contributed by atoms with van der Waals surface area (Å²) in [5, 5.41) is 10.4. The molecule has 0 fully saturated rings. The van der Waals surface area contributed by atoms with E-state index in [1.165, 1.54) is 28.4 Å². The molecule has 1 aromatic carbocycles. The van der Waals surface area contributed by atoms with Crippen molar-refractivity contribution in [3.05, 3.63) is 57.5 Å². The third-order valence-corrected chi connectivity index (χ3v) is 3.64. The molecule has 0 spiro atoms. The van der Waals surface area contributed by atoms with E-state index in [1.807, 2.05) is 0 Å². The van der Waals surface area contributed by atoms with Crippen molar-refractivity contribution in [1.82, 2.24) is 4.90 Å². The molecule has 21 heavy (non-hydrogen) atoms. The Morgan fingerprint density at radius 2 is 2.24 bits per heavy atom. The van der Waals surface area contributed by atoms with Gasteiger partial charge in [-0.25, -0.2) is 4.39 Å². The minimum atomic E-state index is -0.314. The molecule has 1 N–H and O–H groups in total. The highest BCUT2D eigenvalue weighted by molar-refractivity contribution is 7.10. The van der Waals surface area contributed by atoms with E-state index < -0.39 is 0 Å². The highest BCUT2D eigenvalue weighted by atomic mass is 32.1. The van der Waals surface area contributed by atoms with E-state index in [0.717, 1.165) is 10.4 Å². The Balaban J connectivity index is 2.07. The zero-order valence-electron chi connectivity index (χ0n) is 11.5. The third kappa shape index (κ3) is 4.15. The van der Waals surface area contributed by atoms with Gasteiger partial charge < -0.3 is 10.0 Å². The van der Waals surface area contributed by atoms with Crippen molar-refractivity contribution in [2.75, 3.05) is 13.7 Å². The van der Waals surface area contributed by atoms with Crippen LogP contribution in [0.3, 0.4) is 0 Å². The van der Waals surface area contributed by atoms with E-state index in [1.54, 1.807) is 30.6 Å². The molecular weight excluding hydrogens is 289 g/mol. The average molecular weight is 303 g/mol. The highest BCUT2D eigenvalue weighted by Crippen LogP contribution is 2.16. The van der Waals surface area contributed by atoms with E-state index in [2.05, 4.69) is 11.8 Å². The van der Waals surface area contributed by atoms with Crippen LogP contribution in [0.1, 0.15) is 20.8 Å². The molecule has 0 saturated heterocycles. The summed E-state index contributed by atoms with van der Waals surface area (Å²) in [7, 11) is 1.67. The summed E-state index contributed by atoms with van der Waals surface area (Å²) in [5.41, 5.74) is 1.28. The monoisotopic (exact) mass is 303 g/mol. The van der Waals surface area contributed by atoms with Crippen LogP contribution >= 0.6 is 11.3 Å². The summed E-state index contributed by atoms with van der Waals surface area (Å²) in [5.74, 6) is 4.85. The second-order valence-corrected chi connectivity index (χ2v) is 5.36. The van der Waals surface area contributed by atoms with Gasteiger partial charge in [0.25, 0.3) is 5.91 Å². The smallest absolute Gasteiger partial charge is 0.254 e. The first-order valence-corrected chi connectivity index (χ1v) is 7.16. The average Bonchev–Trinajstić information content (AvgIpc) is 2.93. The van der Waals surface area contributed by atoms with Gasteiger partial charge in [0, 0.05) is 19.0 Å². The molecular formula is C16H14FNO2S. The lowest BCUT2D eigenvalue weighted by atomic mass is 10.2. The minimum Gasteiger partial charge on any atom is -0.384 e. The predicted molar refractivity (Wildman–Crippen MR) is 80.5 cm³/mol. The number of hydrogen-bond donors (Lipinski definition) is 1. The van der Waals surface area contributed by atoms with Crippen molar-refractivity contribution < 1.29 is 14.3 Å². The topological polar surface area (TPSA) is 40.5 Å². The molecule has 0 atom stereocenters. The summed E-state index contributed by atoms with van der Waals surface area (Å²) in [6.45, 7) is 0.130. The van der Waals surface area contributed by atoms with Gasteiger partial charge in [-0.15, -0.1) is 11.3 Å². The first-order valence-electron chi connectivity index (χ1n) is 6.28. The Labute approximate surface area is 126 Å². The van der Waals surface area contributed by atoms with Gasteiger partial charge in [-0.2, -0.15) is 0 Å². The fourth-order valence-corrected chi connectivity index (χ4v) is 2.59. The van der Waals surface area contributed by atoms with Crippen molar-refractivity contribution in [2.45, 2.75) is 6.54 Å². The number of halogens is 1. The normalized spacial score (nSPS) is 9.86. The van der Waals surface area contributed by atoms with Gasteiger partial charge in [-0.1, -0.05) is 24.0 Å². The van der Waals surface area contributed by atoms with Crippen LogP contribution in [0.4, 0.5) is 4.39 Å². The molecule has 0 aliphatic rings. The first-order chi connectivity index (χ1) is 10.1. The van der Waals surface area contributed by atoms with Crippen LogP contribution < -0.4 is 0 Å². The van der Waals surface area contributed by atoms with Crippen LogP contribution in [0.15, 0.2) is 35.7 Å². The SMILES string of the molecule is CN(Cc1cccc(F)c1)C(=O)c1csc(C#CCO)c1. The van der Waals surface area contributed by atoms with Crippen LogP contribution in [0.2, 0.25) is 0 Å². The third-order valence-electron chi connectivity index (χ3n) is 2.79. The van der Waals surface area contributed by atoms with Crippen molar-refractivity contribution in [2.24, 2.45) is 0 Å². The zero-order valence-corrected chi connectivity index (χ0v) is 12.3. The minimum absolute atomic E-state index is 0.146. The van der Waals surface area contributed by atoms with Gasteiger partial charge in [-0.05, 0) is 23.8 Å². The van der Waals surface area contributed by atoms with E-state index in [0.29, 0.717) is 12.1 Å². The molecule has 0 aliphatic carbocycles. The molecule has 0 saturated carbocycles. The number of aliphatic hydroxyl groups excluding tert-OH is 1. The number of carbonyl (C=O) groups is 1. The number of hydrogen-bond acceptors (Lipinski definition) is 3. The molecule has 3 nitrogen and oxygen atoms in total. The van der Waals surface area contributed by atoms with Crippen LogP contribution in [-0.4, -0.2) is 29.6 Å². The molecule has 0 unspecified atom stereocenters. The van der Waals surface area contributed by atoms with Gasteiger partial charge in [0.2, 0.25) is 0 Å². The van der Waals surface area contributed by atoms with Crippen LogP contribution in [0.5, 0.6) is 0 Å². The molecule has 108 valence electrons. The maximum absolute atomic E-state index is 13.1. The lowest BCUT2D eigenvalue weighted by Gasteiger charge is -2.16. The maximum atomic E-state index is 13.1. The number of aliphatic hydroxyl groups is 1. The molecule has 1 aromatic heterocycles. The molecule has 2 rings (SSSR count). The van der Waals surface area contributed by atoms with E-state index in [4.69, 9.17) is 5.11 Å². The van der Waals surface area contributed by atoms with Crippen LogP contribution in [-0.2, 0) is 6.54 Å². The molecule has 0 aliphatic heterocycles. The molecule has 5 heteroatoms. The number of thiophene rings is 1. The number of carbonyl (C=O) groups excluding carboxylic acids is 1. The molecule has 1 heterocycles. The van der Waals surface area contributed by atoms with E-state index >= 15 is 0 Å². The number of nitrogens with zero attached hydrogens (tertiary/aromatic N) is 1. The summed E-state index contributed by atoms with van der Waals surface area (Å²) < 4.78 is 13.1. The molecule has 0 bridgehead atoms. The summed E-state index contributed by atoms with van der Waals surface area (Å²) >= 11 is 1.35. The Morgan fingerprint density at radius 1 is 1.43 bits per heavy atom. The van der Waals surface area contributed by atoms with Gasteiger partial charge in [0.05, 0.1) is 10.4 Å². The van der Waals surface area contributed by atoms with Gasteiger partial charge in [0.1, 0.15) is 12.4 Å². The Morgan fingerprint density at radius 3 is 2.95 bits per heavy atom. The van der Waals surface area contributed by atoms with Gasteiger partial charge >= 0.3 is 0 Å². The van der Waals surface area contributed by atoms with Gasteiger partial charge in [-0.3, -0.25) is 4.79 Å². The second kappa shape index (κ2) is 7.02. The number of amides is 1. The summed E-state index contributed by atoms with van der Waals surface area (Å²) in [4.78, 5) is 14.5. The van der Waals surface area contributed by atoms with E-state index in [9.17, 15) is 9.18 Å². The zero-order chi connectivity index (χ0) is 15.2. The predicted octanol–water partition coefficient (Wildman–Crippen LogP) is 2.50. The van der Waals surface area contributed by atoms with Crippen LogP contribution in [0.25, 0.3) is 0 Å². The van der Waals surface area contributed by atoms with Crippen molar-refractivity contribution in [3.63, 3.8) is 0 Å². The largest absolute Gasteiger partial charge is 0.384 e. The molecule has 0 radical (unpaired) electrons. The second-order valence-electron chi connectivity index (χ2n) is 4.45. The fourth-order valence-electron chi connectivity index (χ4n) is 1.84. The van der Waals surface area contributed by atoms with Crippen LogP contribution in [0, 0.1) is 17.7 Å². The number of rotatable bonds is 3. The first kappa shape index (κ1) is 15.2. The van der Waals surface area contributed by atoms with E-state index in [-0.39, 0.29) is 18.3 Å². The Kier molecular flexibility index (Phi) is 5.09. The molecule has 2 aromatic rings. The lowest BCUT2D eigenvalue weighted by Crippen LogP contribution is -2.25. The Bertz CT molecular complexity index is 700. The summed E-state index contributed by atoms with van der Waals surface area (Å²) in [6, 6.07) is 7.87. The maximum Gasteiger partial charge on any atom is 0.254 e. The van der Waals surface area contributed by atoms with Crippen molar-refractivity contribution >= 4 is 17.2 Å².